The lowest BCUT2D eigenvalue weighted by molar-refractivity contribution is 0.0954. The molecule has 0 atom stereocenters. The molecule has 5 heteroatoms. The van der Waals surface area contributed by atoms with Gasteiger partial charge in [0.1, 0.15) is 0 Å². The zero-order valence-electron chi connectivity index (χ0n) is 12.2. The molecule has 0 aliphatic carbocycles. The van der Waals surface area contributed by atoms with Gasteiger partial charge < -0.3 is 16.0 Å². The topological polar surface area (TPSA) is 70.2 Å². The maximum Gasteiger partial charge on any atom is 0.319 e. The highest BCUT2D eigenvalue weighted by Gasteiger charge is 2.12. The van der Waals surface area contributed by atoms with E-state index in [1.807, 2.05) is 6.92 Å². The standard InChI is InChI=1S/C15H23N3O2/c1-3-5-11-16-14(19)12-8-6-7-9-13(12)18-15(20)17-10-4-2/h6-9H,3-5,10-11H2,1-2H3,(H,16,19)(H2,17,18,20). The van der Waals surface area contributed by atoms with Crippen LogP contribution in [0.2, 0.25) is 0 Å². The van der Waals surface area contributed by atoms with Crippen molar-refractivity contribution in [2.45, 2.75) is 33.1 Å². The molecular weight excluding hydrogens is 254 g/mol. The van der Waals surface area contributed by atoms with Crippen molar-refractivity contribution in [3.63, 3.8) is 0 Å². The van der Waals surface area contributed by atoms with E-state index >= 15 is 0 Å². The van der Waals surface area contributed by atoms with Gasteiger partial charge in [-0.2, -0.15) is 0 Å². The van der Waals surface area contributed by atoms with Gasteiger partial charge in [-0.05, 0) is 25.0 Å². The normalized spacial score (nSPS) is 9.90. The summed E-state index contributed by atoms with van der Waals surface area (Å²) in [5, 5.41) is 8.27. The van der Waals surface area contributed by atoms with Gasteiger partial charge in [-0.1, -0.05) is 32.4 Å². The highest BCUT2D eigenvalue weighted by atomic mass is 16.2. The second-order valence-corrected chi connectivity index (χ2v) is 4.54. The summed E-state index contributed by atoms with van der Waals surface area (Å²) < 4.78 is 0. The number of carbonyl (C=O) groups excluding carboxylic acids is 2. The summed E-state index contributed by atoms with van der Waals surface area (Å²) in [7, 11) is 0. The number of unbranched alkanes of at least 4 members (excludes halogenated alkanes) is 1. The minimum absolute atomic E-state index is 0.162. The molecule has 0 saturated carbocycles. The van der Waals surface area contributed by atoms with Gasteiger partial charge in [0.05, 0.1) is 11.3 Å². The number of rotatable bonds is 7. The van der Waals surface area contributed by atoms with E-state index in [0.717, 1.165) is 19.3 Å². The molecule has 5 nitrogen and oxygen atoms in total. The van der Waals surface area contributed by atoms with E-state index in [9.17, 15) is 9.59 Å². The van der Waals surface area contributed by atoms with Crippen molar-refractivity contribution in [2.75, 3.05) is 18.4 Å². The monoisotopic (exact) mass is 277 g/mol. The first-order valence-electron chi connectivity index (χ1n) is 7.11. The molecule has 0 heterocycles. The van der Waals surface area contributed by atoms with E-state index in [2.05, 4.69) is 22.9 Å². The maximum absolute atomic E-state index is 12.1. The summed E-state index contributed by atoms with van der Waals surface area (Å²) in [5.74, 6) is -0.162. The lowest BCUT2D eigenvalue weighted by Gasteiger charge is -2.11. The fraction of sp³-hybridized carbons (Fsp3) is 0.467. The summed E-state index contributed by atoms with van der Waals surface area (Å²) in [6, 6.07) is 6.71. The Morgan fingerprint density at radius 2 is 1.75 bits per heavy atom. The van der Waals surface area contributed by atoms with Gasteiger partial charge in [0.15, 0.2) is 0 Å². The van der Waals surface area contributed by atoms with Crippen LogP contribution in [0, 0.1) is 0 Å². The van der Waals surface area contributed by atoms with Gasteiger partial charge in [-0.3, -0.25) is 4.79 Å². The van der Waals surface area contributed by atoms with Gasteiger partial charge in [0.25, 0.3) is 5.91 Å². The molecule has 1 rings (SSSR count). The number of para-hydroxylation sites is 1. The molecule has 3 amide bonds. The molecule has 0 aliphatic heterocycles. The molecule has 20 heavy (non-hydrogen) atoms. The quantitative estimate of drug-likeness (QED) is 0.671. The molecular formula is C15H23N3O2. The van der Waals surface area contributed by atoms with Crippen LogP contribution in [-0.2, 0) is 0 Å². The number of amides is 3. The first kappa shape index (κ1) is 16.0. The Labute approximate surface area is 120 Å². The lowest BCUT2D eigenvalue weighted by Crippen LogP contribution is -2.31. The number of hydrogen-bond acceptors (Lipinski definition) is 2. The van der Waals surface area contributed by atoms with Crippen molar-refractivity contribution in [3.8, 4) is 0 Å². The summed E-state index contributed by atoms with van der Waals surface area (Å²) in [6.07, 6.45) is 2.84. The average molecular weight is 277 g/mol. The Bertz CT molecular complexity index is 446. The van der Waals surface area contributed by atoms with E-state index in [-0.39, 0.29) is 11.9 Å². The van der Waals surface area contributed by atoms with E-state index < -0.39 is 0 Å². The number of nitrogens with one attached hydrogen (secondary N) is 3. The van der Waals surface area contributed by atoms with E-state index in [4.69, 9.17) is 0 Å². The van der Waals surface area contributed by atoms with Gasteiger partial charge in [-0.15, -0.1) is 0 Å². The van der Waals surface area contributed by atoms with Crippen LogP contribution in [-0.4, -0.2) is 25.0 Å². The Hall–Kier alpha value is -2.04. The molecule has 0 aliphatic rings. The van der Waals surface area contributed by atoms with Crippen molar-refractivity contribution in [1.29, 1.82) is 0 Å². The van der Waals surface area contributed by atoms with Gasteiger partial charge in [0.2, 0.25) is 0 Å². The minimum Gasteiger partial charge on any atom is -0.352 e. The molecule has 0 unspecified atom stereocenters. The molecule has 0 bridgehead atoms. The third-order valence-electron chi connectivity index (χ3n) is 2.77. The smallest absolute Gasteiger partial charge is 0.319 e. The molecule has 0 aromatic heterocycles. The Morgan fingerprint density at radius 3 is 2.45 bits per heavy atom. The van der Waals surface area contributed by atoms with Crippen LogP contribution >= 0.6 is 0 Å². The summed E-state index contributed by atoms with van der Waals surface area (Å²) in [4.78, 5) is 23.7. The fourth-order valence-electron chi connectivity index (χ4n) is 1.67. The highest BCUT2D eigenvalue weighted by molar-refractivity contribution is 6.03. The lowest BCUT2D eigenvalue weighted by atomic mass is 10.1. The number of anilines is 1. The largest absolute Gasteiger partial charge is 0.352 e. The van der Waals surface area contributed by atoms with Crippen LogP contribution in [0.4, 0.5) is 10.5 Å². The Balaban J connectivity index is 2.67. The van der Waals surface area contributed by atoms with E-state index in [0.29, 0.717) is 24.3 Å². The van der Waals surface area contributed by atoms with Crippen LogP contribution in [0.15, 0.2) is 24.3 Å². The Morgan fingerprint density at radius 1 is 1.00 bits per heavy atom. The van der Waals surface area contributed by atoms with Gasteiger partial charge in [-0.25, -0.2) is 4.79 Å². The minimum atomic E-state index is -0.291. The summed E-state index contributed by atoms with van der Waals surface area (Å²) >= 11 is 0. The van der Waals surface area contributed by atoms with E-state index in [1.165, 1.54) is 0 Å². The van der Waals surface area contributed by atoms with E-state index in [1.54, 1.807) is 24.3 Å². The SMILES string of the molecule is CCCCNC(=O)c1ccccc1NC(=O)NCCC. The van der Waals surface area contributed by atoms with Crippen LogP contribution in [0.5, 0.6) is 0 Å². The maximum atomic E-state index is 12.1. The highest BCUT2D eigenvalue weighted by Crippen LogP contribution is 2.14. The van der Waals surface area contributed by atoms with Crippen molar-refractivity contribution >= 4 is 17.6 Å². The average Bonchev–Trinajstić information content (AvgIpc) is 2.46. The predicted octanol–water partition coefficient (Wildman–Crippen LogP) is 2.75. The Kier molecular flexibility index (Phi) is 7.17. The molecule has 1 aromatic rings. The second kappa shape index (κ2) is 8.96. The van der Waals surface area contributed by atoms with Crippen molar-refractivity contribution in [2.24, 2.45) is 0 Å². The van der Waals surface area contributed by atoms with Crippen LogP contribution in [0.25, 0.3) is 0 Å². The molecule has 110 valence electrons. The molecule has 0 fully saturated rings. The first-order chi connectivity index (χ1) is 9.69. The van der Waals surface area contributed by atoms with Gasteiger partial charge >= 0.3 is 6.03 Å². The van der Waals surface area contributed by atoms with Crippen molar-refractivity contribution in [1.82, 2.24) is 10.6 Å². The molecule has 0 radical (unpaired) electrons. The van der Waals surface area contributed by atoms with Crippen LogP contribution in [0.1, 0.15) is 43.5 Å². The zero-order valence-corrected chi connectivity index (χ0v) is 12.2. The summed E-state index contributed by atoms with van der Waals surface area (Å²) in [5.41, 5.74) is 1.00. The predicted molar refractivity (Wildman–Crippen MR) is 81.0 cm³/mol. The van der Waals surface area contributed by atoms with Gasteiger partial charge in [0, 0.05) is 13.1 Å². The molecule has 1 aromatic carbocycles. The number of benzene rings is 1. The fourth-order valence-corrected chi connectivity index (χ4v) is 1.67. The molecule has 0 saturated heterocycles. The zero-order chi connectivity index (χ0) is 14.8. The molecule has 0 spiro atoms. The second-order valence-electron chi connectivity index (χ2n) is 4.54. The third kappa shape index (κ3) is 5.30. The third-order valence-corrected chi connectivity index (χ3v) is 2.77. The number of carbonyl (C=O) groups is 2. The number of urea groups is 1. The summed E-state index contributed by atoms with van der Waals surface area (Å²) in [6.45, 7) is 5.30. The van der Waals surface area contributed by atoms with Crippen molar-refractivity contribution in [3.05, 3.63) is 29.8 Å². The van der Waals surface area contributed by atoms with Crippen LogP contribution in [0.3, 0.4) is 0 Å². The van der Waals surface area contributed by atoms with Crippen molar-refractivity contribution < 1.29 is 9.59 Å². The number of hydrogen-bond donors (Lipinski definition) is 3. The molecule has 3 N–H and O–H groups in total. The van der Waals surface area contributed by atoms with Crippen LogP contribution < -0.4 is 16.0 Å². The first-order valence-corrected chi connectivity index (χ1v) is 7.11.